The van der Waals surface area contributed by atoms with Crippen molar-refractivity contribution in [1.29, 1.82) is 0 Å². The Bertz CT molecular complexity index is 436. The molecule has 6 nitrogen and oxygen atoms in total. The molecule has 1 saturated heterocycles. The largest absolute Gasteiger partial charge is 0.444 e. The minimum atomic E-state index is -0.489. The summed E-state index contributed by atoms with van der Waals surface area (Å²) in [5.41, 5.74) is -0.489. The van der Waals surface area contributed by atoms with Crippen LogP contribution in [0.3, 0.4) is 0 Å². The molecule has 0 spiro atoms. The third-order valence-corrected chi connectivity index (χ3v) is 2.72. The highest BCUT2D eigenvalue weighted by Gasteiger charge is 2.35. The van der Waals surface area contributed by atoms with Crippen LogP contribution >= 0.6 is 0 Å². The summed E-state index contributed by atoms with van der Waals surface area (Å²) in [6.45, 7) is 7.98. The maximum Gasteiger partial charge on any atom is 0.410 e. The van der Waals surface area contributed by atoms with Crippen molar-refractivity contribution in [3.63, 3.8) is 0 Å². The highest BCUT2D eigenvalue weighted by molar-refractivity contribution is 5.69. The van der Waals surface area contributed by atoms with Crippen LogP contribution in [0.4, 0.5) is 4.79 Å². The van der Waals surface area contributed by atoms with Crippen LogP contribution in [0.25, 0.3) is 0 Å². The summed E-state index contributed by atoms with van der Waals surface area (Å²) in [5, 5.41) is 3.89. The van der Waals surface area contributed by atoms with E-state index in [2.05, 4.69) is 10.1 Å². The summed E-state index contributed by atoms with van der Waals surface area (Å²) in [6.07, 6.45) is 1.46. The molecule has 1 fully saturated rings. The normalized spacial score (nSPS) is 20.2. The molecule has 1 amide bonds. The Morgan fingerprint density at radius 2 is 2.22 bits per heavy atom. The Morgan fingerprint density at radius 3 is 2.78 bits per heavy atom. The SMILES string of the molecule is Cc1nc([C@@H]2CCCN2C(=O)OC(C)(C)C)no1. The zero-order valence-corrected chi connectivity index (χ0v) is 11.3. The van der Waals surface area contributed by atoms with Crippen molar-refractivity contribution in [1.82, 2.24) is 15.0 Å². The topological polar surface area (TPSA) is 68.5 Å². The van der Waals surface area contributed by atoms with Crippen LogP contribution in [0.1, 0.15) is 51.4 Å². The van der Waals surface area contributed by atoms with Crippen LogP contribution in [0, 0.1) is 6.92 Å². The van der Waals surface area contributed by atoms with Gasteiger partial charge in [-0.3, -0.25) is 4.90 Å². The van der Waals surface area contributed by atoms with Crippen LogP contribution in [-0.4, -0.2) is 33.3 Å². The highest BCUT2D eigenvalue weighted by Crippen LogP contribution is 2.31. The molecule has 18 heavy (non-hydrogen) atoms. The molecule has 0 aliphatic carbocycles. The number of hydrogen-bond donors (Lipinski definition) is 0. The van der Waals surface area contributed by atoms with E-state index >= 15 is 0 Å². The van der Waals surface area contributed by atoms with Crippen molar-refractivity contribution in [2.24, 2.45) is 0 Å². The summed E-state index contributed by atoms with van der Waals surface area (Å²) in [4.78, 5) is 17.9. The van der Waals surface area contributed by atoms with Crippen molar-refractivity contribution < 1.29 is 14.1 Å². The molecule has 1 aliphatic heterocycles. The smallest absolute Gasteiger partial charge is 0.410 e. The van der Waals surface area contributed by atoms with E-state index in [0.29, 0.717) is 18.3 Å². The molecule has 0 aromatic carbocycles. The third-order valence-electron chi connectivity index (χ3n) is 2.72. The molecule has 1 aromatic heterocycles. The minimum Gasteiger partial charge on any atom is -0.444 e. The van der Waals surface area contributed by atoms with E-state index in [4.69, 9.17) is 9.26 Å². The standard InChI is InChI=1S/C12H19N3O3/c1-8-13-10(14-18-8)9-6-5-7-15(9)11(16)17-12(2,3)4/h9H,5-7H2,1-4H3/t9-/m0/s1. The predicted octanol–water partition coefficient (Wildman–Crippen LogP) is 2.45. The van der Waals surface area contributed by atoms with E-state index in [1.165, 1.54) is 0 Å². The van der Waals surface area contributed by atoms with Crippen LogP contribution in [0.2, 0.25) is 0 Å². The first-order valence-corrected chi connectivity index (χ1v) is 6.16. The molecule has 0 unspecified atom stereocenters. The summed E-state index contributed by atoms with van der Waals surface area (Å²) in [5.74, 6) is 1.08. The van der Waals surface area contributed by atoms with Gasteiger partial charge >= 0.3 is 6.09 Å². The molecule has 0 saturated carbocycles. The first-order valence-electron chi connectivity index (χ1n) is 6.16. The molecule has 1 aromatic rings. The van der Waals surface area contributed by atoms with Crippen molar-refractivity contribution in [3.05, 3.63) is 11.7 Å². The second kappa shape index (κ2) is 4.59. The lowest BCUT2D eigenvalue weighted by atomic mass is 10.2. The number of nitrogens with zero attached hydrogens (tertiary/aromatic N) is 3. The van der Waals surface area contributed by atoms with Gasteiger partial charge in [-0.15, -0.1) is 0 Å². The van der Waals surface area contributed by atoms with Gasteiger partial charge in [0.25, 0.3) is 0 Å². The molecule has 1 aliphatic rings. The predicted molar refractivity (Wildman–Crippen MR) is 64.0 cm³/mol. The van der Waals surface area contributed by atoms with Gasteiger partial charge in [0.2, 0.25) is 5.89 Å². The summed E-state index contributed by atoms with van der Waals surface area (Å²) in [7, 11) is 0. The Labute approximate surface area is 106 Å². The van der Waals surface area contributed by atoms with E-state index in [1.54, 1.807) is 11.8 Å². The fourth-order valence-electron chi connectivity index (χ4n) is 2.02. The minimum absolute atomic E-state index is 0.128. The second-order valence-corrected chi connectivity index (χ2v) is 5.50. The lowest BCUT2D eigenvalue weighted by molar-refractivity contribution is 0.0217. The van der Waals surface area contributed by atoms with Crippen molar-refractivity contribution in [2.45, 2.75) is 52.2 Å². The molecule has 2 rings (SSSR count). The number of hydrogen-bond acceptors (Lipinski definition) is 5. The average Bonchev–Trinajstić information content (AvgIpc) is 2.81. The molecule has 2 heterocycles. The molecule has 1 atom stereocenters. The van der Waals surface area contributed by atoms with Gasteiger partial charge in [-0.05, 0) is 33.6 Å². The Kier molecular flexibility index (Phi) is 3.28. The molecule has 0 N–H and O–H groups in total. The van der Waals surface area contributed by atoms with Gasteiger partial charge in [-0.2, -0.15) is 4.98 Å². The van der Waals surface area contributed by atoms with Gasteiger partial charge in [0.1, 0.15) is 5.60 Å². The van der Waals surface area contributed by atoms with E-state index < -0.39 is 5.60 Å². The second-order valence-electron chi connectivity index (χ2n) is 5.50. The summed E-state index contributed by atoms with van der Waals surface area (Å²) >= 11 is 0. The first kappa shape index (κ1) is 12.9. The van der Waals surface area contributed by atoms with Crippen LogP contribution in [0.5, 0.6) is 0 Å². The maximum absolute atomic E-state index is 12.1. The Hall–Kier alpha value is -1.59. The number of carbonyl (C=O) groups excluding carboxylic acids is 1. The number of aryl methyl sites for hydroxylation is 1. The van der Waals surface area contributed by atoms with Crippen LogP contribution in [-0.2, 0) is 4.74 Å². The van der Waals surface area contributed by atoms with Gasteiger partial charge in [0.15, 0.2) is 5.82 Å². The molecular weight excluding hydrogens is 234 g/mol. The van der Waals surface area contributed by atoms with Crippen molar-refractivity contribution in [2.75, 3.05) is 6.54 Å². The van der Waals surface area contributed by atoms with Crippen LogP contribution < -0.4 is 0 Å². The fraction of sp³-hybridized carbons (Fsp3) is 0.750. The first-order chi connectivity index (χ1) is 8.37. The summed E-state index contributed by atoms with van der Waals surface area (Å²) < 4.78 is 10.3. The zero-order chi connectivity index (χ0) is 13.3. The van der Waals surface area contributed by atoms with Gasteiger partial charge in [0, 0.05) is 13.5 Å². The van der Waals surface area contributed by atoms with Gasteiger partial charge in [-0.25, -0.2) is 4.79 Å². The van der Waals surface area contributed by atoms with Crippen LogP contribution in [0.15, 0.2) is 4.52 Å². The molecular formula is C12H19N3O3. The number of carbonyl (C=O) groups is 1. The number of rotatable bonds is 1. The molecule has 0 radical (unpaired) electrons. The monoisotopic (exact) mass is 253 g/mol. The molecule has 0 bridgehead atoms. The lowest BCUT2D eigenvalue weighted by Gasteiger charge is -2.27. The lowest BCUT2D eigenvalue weighted by Crippen LogP contribution is -2.36. The fourth-order valence-corrected chi connectivity index (χ4v) is 2.02. The average molecular weight is 253 g/mol. The van der Waals surface area contributed by atoms with E-state index in [-0.39, 0.29) is 12.1 Å². The van der Waals surface area contributed by atoms with Gasteiger partial charge < -0.3 is 9.26 Å². The maximum atomic E-state index is 12.1. The third kappa shape index (κ3) is 2.80. The van der Waals surface area contributed by atoms with Gasteiger partial charge in [0.05, 0.1) is 6.04 Å². The summed E-state index contributed by atoms with van der Waals surface area (Å²) in [6, 6.07) is -0.128. The van der Waals surface area contributed by atoms with Gasteiger partial charge in [-0.1, -0.05) is 5.16 Å². The number of ether oxygens (including phenoxy) is 1. The number of likely N-dealkylation sites (tertiary alicyclic amines) is 1. The number of aromatic nitrogens is 2. The molecule has 6 heteroatoms. The van der Waals surface area contributed by atoms with E-state index in [1.807, 2.05) is 20.8 Å². The highest BCUT2D eigenvalue weighted by atomic mass is 16.6. The zero-order valence-electron chi connectivity index (χ0n) is 11.3. The molecule has 100 valence electrons. The Balaban J connectivity index is 2.10. The Morgan fingerprint density at radius 1 is 1.50 bits per heavy atom. The van der Waals surface area contributed by atoms with Crippen molar-refractivity contribution >= 4 is 6.09 Å². The quantitative estimate of drug-likeness (QED) is 0.769. The van der Waals surface area contributed by atoms with E-state index in [9.17, 15) is 4.79 Å². The van der Waals surface area contributed by atoms with Crippen molar-refractivity contribution in [3.8, 4) is 0 Å². The number of amides is 1. The van der Waals surface area contributed by atoms with E-state index in [0.717, 1.165) is 12.8 Å².